The van der Waals surface area contributed by atoms with Crippen molar-refractivity contribution in [2.24, 2.45) is 0 Å². The third kappa shape index (κ3) is 6.11. The first-order chi connectivity index (χ1) is 17.4. The predicted octanol–water partition coefficient (Wildman–Crippen LogP) is 7.42. The van der Waals surface area contributed by atoms with Crippen LogP contribution in [0.2, 0.25) is 5.02 Å². The van der Waals surface area contributed by atoms with Crippen LogP contribution in [0, 0.1) is 13.8 Å². The van der Waals surface area contributed by atoms with Crippen LogP contribution in [0.4, 0.5) is 18.9 Å². The highest BCUT2D eigenvalue weighted by Gasteiger charge is 2.31. The summed E-state index contributed by atoms with van der Waals surface area (Å²) in [7, 11) is 0. The average molecular weight is 612 g/mol. The van der Waals surface area contributed by atoms with Crippen molar-refractivity contribution in [3.8, 4) is 22.8 Å². The summed E-state index contributed by atoms with van der Waals surface area (Å²) in [5.74, 6) is -0.405. The number of phenolic OH excluding ortho intramolecular Hbond substituents is 1. The van der Waals surface area contributed by atoms with Crippen LogP contribution < -0.4 is 5.32 Å². The van der Waals surface area contributed by atoms with E-state index >= 15 is 0 Å². The Bertz CT molecular complexity index is 1490. The first kappa shape index (κ1) is 27.0. The lowest BCUT2D eigenvalue weighted by Gasteiger charge is -2.15. The van der Waals surface area contributed by atoms with E-state index in [0.717, 1.165) is 51.2 Å². The summed E-state index contributed by atoms with van der Waals surface area (Å²) in [6.07, 6.45) is -4.57. The second-order valence-corrected chi connectivity index (χ2v) is 10.4. The van der Waals surface area contributed by atoms with Crippen molar-refractivity contribution in [3.05, 3.63) is 80.8 Å². The summed E-state index contributed by atoms with van der Waals surface area (Å²) in [6.45, 7) is 3.88. The van der Waals surface area contributed by atoms with Crippen molar-refractivity contribution < 1.29 is 23.1 Å². The van der Waals surface area contributed by atoms with E-state index in [4.69, 9.17) is 11.6 Å². The van der Waals surface area contributed by atoms with Crippen molar-refractivity contribution in [1.29, 1.82) is 0 Å². The molecule has 4 aromatic rings. The molecule has 4 rings (SSSR count). The number of carbonyl (C=O) groups excluding carboxylic acids is 1. The van der Waals surface area contributed by atoms with Crippen LogP contribution in [0.5, 0.6) is 5.75 Å². The highest BCUT2D eigenvalue weighted by Crippen LogP contribution is 2.36. The van der Waals surface area contributed by atoms with Crippen LogP contribution in [0.1, 0.15) is 16.7 Å². The number of anilines is 1. The highest BCUT2D eigenvalue weighted by molar-refractivity contribution is 9.10. The number of carbonyl (C=O) groups is 1. The molecule has 1 heterocycles. The van der Waals surface area contributed by atoms with Crippen LogP contribution in [0.3, 0.4) is 0 Å². The van der Waals surface area contributed by atoms with Gasteiger partial charge in [0.2, 0.25) is 5.91 Å². The Morgan fingerprint density at radius 1 is 1.11 bits per heavy atom. The van der Waals surface area contributed by atoms with E-state index in [0.29, 0.717) is 16.5 Å². The number of nitrogens with one attached hydrogen (secondary N) is 1. The molecule has 0 fully saturated rings. The Morgan fingerprint density at radius 3 is 2.57 bits per heavy atom. The lowest BCUT2D eigenvalue weighted by Crippen LogP contribution is -2.16. The van der Waals surface area contributed by atoms with Gasteiger partial charge in [-0.2, -0.15) is 13.2 Å². The van der Waals surface area contributed by atoms with Gasteiger partial charge in [0.05, 0.1) is 33.3 Å². The monoisotopic (exact) mass is 610 g/mol. The molecule has 0 spiro atoms. The molecule has 0 radical (unpaired) electrons. The number of rotatable bonds is 6. The maximum absolute atomic E-state index is 13.1. The van der Waals surface area contributed by atoms with Crippen molar-refractivity contribution in [1.82, 2.24) is 14.8 Å². The molecule has 0 bridgehead atoms. The summed E-state index contributed by atoms with van der Waals surface area (Å²) in [4.78, 5) is 12.7. The Hall–Kier alpha value is -3.02. The number of benzene rings is 3. The molecule has 3 aromatic carbocycles. The lowest BCUT2D eigenvalue weighted by atomic mass is 10.1. The topological polar surface area (TPSA) is 80.0 Å². The smallest absolute Gasteiger partial charge is 0.416 e. The Morgan fingerprint density at radius 2 is 1.86 bits per heavy atom. The van der Waals surface area contributed by atoms with E-state index in [-0.39, 0.29) is 22.2 Å². The van der Waals surface area contributed by atoms with E-state index in [1.165, 1.54) is 6.07 Å². The van der Waals surface area contributed by atoms with Gasteiger partial charge in [-0.1, -0.05) is 57.0 Å². The molecule has 0 unspecified atom stereocenters. The molecular formula is C25H19BrClF3N4O2S. The van der Waals surface area contributed by atoms with Crippen LogP contribution in [-0.2, 0) is 11.0 Å². The summed E-state index contributed by atoms with van der Waals surface area (Å²) >= 11 is 10.4. The Balaban J connectivity index is 1.66. The number of hydrogen-bond donors (Lipinski definition) is 2. The largest absolute Gasteiger partial charge is 0.507 e. The maximum Gasteiger partial charge on any atom is 0.416 e. The molecule has 12 heteroatoms. The predicted molar refractivity (Wildman–Crippen MR) is 141 cm³/mol. The van der Waals surface area contributed by atoms with Crippen LogP contribution in [0.15, 0.2) is 64.2 Å². The summed E-state index contributed by atoms with van der Waals surface area (Å²) in [5.41, 5.74) is 2.07. The van der Waals surface area contributed by atoms with E-state index in [2.05, 4.69) is 31.4 Å². The van der Waals surface area contributed by atoms with Crippen LogP contribution >= 0.6 is 39.3 Å². The summed E-state index contributed by atoms with van der Waals surface area (Å²) in [5, 5.41) is 21.8. The average Bonchev–Trinajstić information content (AvgIpc) is 3.23. The molecule has 0 saturated heterocycles. The summed E-state index contributed by atoms with van der Waals surface area (Å²) < 4.78 is 41.7. The second-order valence-electron chi connectivity index (χ2n) is 8.12. The molecule has 0 aliphatic carbocycles. The second kappa shape index (κ2) is 10.8. The molecular weight excluding hydrogens is 593 g/mol. The van der Waals surface area contributed by atoms with Crippen molar-refractivity contribution in [3.63, 3.8) is 0 Å². The Kier molecular flexibility index (Phi) is 7.86. The normalized spacial score (nSPS) is 11.5. The molecule has 1 amide bonds. The Labute approximate surface area is 228 Å². The number of amides is 1. The van der Waals surface area contributed by atoms with Gasteiger partial charge in [-0.05, 0) is 61.9 Å². The van der Waals surface area contributed by atoms with Gasteiger partial charge in [-0.25, -0.2) is 0 Å². The number of aromatic nitrogens is 3. The molecule has 1 aromatic heterocycles. The van der Waals surface area contributed by atoms with Gasteiger partial charge in [0.25, 0.3) is 0 Å². The standard InChI is InChI=1S/C25H19BrClF3N4O2S/c1-13-3-7-20(14(2)9-13)34-23(17-11-16(26)5-8-21(17)35)32-33-24(34)37-12-22(36)31-19-10-15(25(28,29)30)4-6-18(19)27/h3-11,35H,12H2,1-2H3,(H,31,36). The number of thioether (sulfide) groups is 1. The molecule has 0 atom stereocenters. The maximum atomic E-state index is 13.1. The third-order valence-corrected chi connectivity index (χ3v) is 7.08. The number of halogens is 5. The first-order valence-electron chi connectivity index (χ1n) is 10.8. The van der Waals surface area contributed by atoms with Gasteiger partial charge in [0, 0.05) is 4.47 Å². The minimum atomic E-state index is -4.57. The molecule has 0 aliphatic rings. The van der Waals surface area contributed by atoms with Crippen molar-refractivity contribution >= 4 is 50.9 Å². The number of aromatic hydroxyl groups is 1. The van der Waals surface area contributed by atoms with Gasteiger partial charge in [0.1, 0.15) is 5.75 Å². The van der Waals surface area contributed by atoms with Crippen molar-refractivity contribution in [2.45, 2.75) is 25.2 Å². The fraction of sp³-hybridized carbons (Fsp3) is 0.160. The highest BCUT2D eigenvalue weighted by atomic mass is 79.9. The number of nitrogens with zero attached hydrogens (tertiary/aromatic N) is 3. The zero-order valence-corrected chi connectivity index (χ0v) is 22.6. The first-order valence-corrected chi connectivity index (χ1v) is 12.9. The van der Waals surface area contributed by atoms with Gasteiger partial charge >= 0.3 is 6.18 Å². The zero-order valence-electron chi connectivity index (χ0n) is 19.4. The van der Waals surface area contributed by atoms with E-state index in [1.54, 1.807) is 16.7 Å². The number of alkyl halides is 3. The molecule has 2 N–H and O–H groups in total. The van der Waals surface area contributed by atoms with Crippen LogP contribution in [-0.4, -0.2) is 31.5 Å². The zero-order chi connectivity index (χ0) is 26.9. The minimum Gasteiger partial charge on any atom is -0.507 e. The molecule has 37 heavy (non-hydrogen) atoms. The quantitative estimate of drug-likeness (QED) is 0.222. The molecule has 192 valence electrons. The van der Waals surface area contributed by atoms with Gasteiger partial charge in [0.15, 0.2) is 11.0 Å². The lowest BCUT2D eigenvalue weighted by molar-refractivity contribution is -0.137. The fourth-order valence-electron chi connectivity index (χ4n) is 3.61. The number of hydrogen-bond acceptors (Lipinski definition) is 5. The SMILES string of the molecule is Cc1ccc(-n2c(SCC(=O)Nc3cc(C(F)(F)F)ccc3Cl)nnc2-c2cc(Br)ccc2O)c(C)c1. The van der Waals surface area contributed by atoms with Gasteiger partial charge in [-0.15, -0.1) is 10.2 Å². The number of phenols is 1. The minimum absolute atomic E-state index is 0.00454. The van der Waals surface area contributed by atoms with Gasteiger partial charge < -0.3 is 10.4 Å². The van der Waals surface area contributed by atoms with E-state index in [1.807, 2.05) is 32.0 Å². The van der Waals surface area contributed by atoms with Crippen molar-refractivity contribution in [2.75, 3.05) is 11.1 Å². The summed E-state index contributed by atoms with van der Waals surface area (Å²) in [6, 6.07) is 13.4. The fourth-order valence-corrected chi connectivity index (χ4v) is 4.88. The third-order valence-electron chi connectivity index (χ3n) is 5.33. The van der Waals surface area contributed by atoms with E-state index in [9.17, 15) is 23.1 Å². The number of aryl methyl sites for hydroxylation is 2. The van der Waals surface area contributed by atoms with Gasteiger partial charge in [-0.3, -0.25) is 9.36 Å². The molecule has 0 saturated carbocycles. The molecule has 6 nitrogen and oxygen atoms in total. The van der Waals surface area contributed by atoms with Crippen LogP contribution in [0.25, 0.3) is 17.1 Å². The molecule has 0 aliphatic heterocycles. The van der Waals surface area contributed by atoms with E-state index < -0.39 is 17.6 Å².